The highest BCUT2D eigenvalue weighted by atomic mass is 35.5. The summed E-state index contributed by atoms with van der Waals surface area (Å²) in [5.41, 5.74) is 7.08. The van der Waals surface area contributed by atoms with E-state index in [4.69, 9.17) is 22.1 Å². The van der Waals surface area contributed by atoms with E-state index < -0.39 is 0 Å². The van der Waals surface area contributed by atoms with E-state index in [0.717, 1.165) is 13.0 Å². The Labute approximate surface area is 93.0 Å². The quantitative estimate of drug-likeness (QED) is 0.745. The molecule has 2 rings (SSSR count). The average Bonchev–Trinajstić information content (AvgIpc) is 2.66. The summed E-state index contributed by atoms with van der Waals surface area (Å²) in [5.74, 6) is 0.600. The molecule has 1 aromatic rings. The highest BCUT2D eigenvalue weighted by Gasteiger charge is 2.17. The number of hydrogen-bond donors (Lipinski definition) is 2. The van der Waals surface area contributed by atoms with Gasteiger partial charge < -0.3 is 15.8 Å². The normalized spacial score (nSPS) is 20.5. The number of halogens is 1. The van der Waals surface area contributed by atoms with Crippen LogP contribution in [0.15, 0.2) is 0 Å². The minimum Gasteiger partial charge on any atom is -0.394 e. The molecule has 1 fully saturated rings. The molecule has 6 heteroatoms. The van der Waals surface area contributed by atoms with Gasteiger partial charge in [0.1, 0.15) is 0 Å². The molecule has 1 saturated heterocycles. The van der Waals surface area contributed by atoms with E-state index in [1.54, 1.807) is 6.92 Å². The number of hydrogen-bond acceptors (Lipinski definition) is 5. The van der Waals surface area contributed by atoms with Crippen LogP contribution in [0.25, 0.3) is 0 Å². The van der Waals surface area contributed by atoms with Crippen LogP contribution < -0.4 is 11.1 Å². The molecule has 0 aromatic carbocycles. The first kappa shape index (κ1) is 10.4. The first-order chi connectivity index (χ1) is 7.16. The number of aryl methyl sites for hydroxylation is 1. The van der Waals surface area contributed by atoms with Gasteiger partial charge in [-0.25, -0.2) is 4.98 Å². The second-order valence-electron chi connectivity index (χ2n) is 3.55. The Morgan fingerprint density at radius 1 is 1.53 bits per heavy atom. The fraction of sp³-hybridized carbons (Fsp3) is 0.556. The van der Waals surface area contributed by atoms with E-state index in [1.807, 2.05) is 0 Å². The molecule has 1 aromatic heterocycles. The molecule has 1 aliphatic heterocycles. The lowest BCUT2D eigenvalue weighted by molar-refractivity contribution is 0.195. The molecule has 82 valence electrons. The predicted molar refractivity (Wildman–Crippen MR) is 59.0 cm³/mol. The average molecular weight is 229 g/mol. The third-order valence-electron chi connectivity index (χ3n) is 2.38. The summed E-state index contributed by atoms with van der Waals surface area (Å²) in [7, 11) is 0. The van der Waals surface area contributed by atoms with Crippen molar-refractivity contribution in [2.24, 2.45) is 0 Å². The first-order valence-electron chi connectivity index (χ1n) is 4.80. The Bertz CT molecular complexity index is 365. The van der Waals surface area contributed by atoms with Crippen molar-refractivity contribution in [2.45, 2.75) is 19.4 Å². The van der Waals surface area contributed by atoms with Crippen molar-refractivity contribution in [3.8, 4) is 0 Å². The monoisotopic (exact) mass is 228 g/mol. The van der Waals surface area contributed by atoms with Gasteiger partial charge in [0.2, 0.25) is 5.28 Å². The molecule has 1 unspecified atom stereocenters. The number of anilines is 2. The van der Waals surface area contributed by atoms with Gasteiger partial charge in [0.15, 0.2) is 5.82 Å². The number of rotatable bonds is 2. The maximum atomic E-state index is 5.84. The van der Waals surface area contributed by atoms with Crippen molar-refractivity contribution < 1.29 is 4.74 Å². The SMILES string of the molecule is Cc1nc(Cl)nc(NC2CCOC2)c1N. The Kier molecular flexibility index (Phi) is 2.93. The molecule has 3 N–H and O–H groups in total. The van der Waals surface area contributed by atoms with Crippen LogP contribution in [-0.4, -0.2) is 29.2 Å². The zero-order chi connectivity index (χ0) is 10.8. The van der Waals surface area contributed by atoms with E-state index in [1.165, 1.54) is 0 Å². The molecule has 5 nitrogen and oxygen atoms in total. The van der Waals surface area contributed by atoms with E-state index >= 15 is 0 Å². The second kappa shape index (κ2) is 4.20. The lowest BCUT2D eigenvalue weighted by Crippen LogP contribution is -2.21. The fourth-order valence-electron chi connectivity index (χ4n) is 1.50. The van der Waals surface area contributed by atoms with Gasteiger partial charge >= 0.3 is 0 Å². The summed E-state index contributed by atoms with van der Waals surface area (Å²) in [6.07, 6.45) is 0.958. The molecule has 2 heterocycles. The predicted octanol–water partition coefficient (Wildman–Crippen LogP) is 1.22. The number of ether oxygens (including phenoxy) is 1. The van der Waals surface area contributed by atoms with Gasteiger partial charge in [-0.15, -0.1) is 0 Å². The first-order valence-corrected chi connectivity index (χ1v) is 5.18. The van der Waals surface area contributed by atoms with Gasteiger partial charge in [0.25, 0.3) is 0 Å². The molecule has 0 spiro atoms. The Balaban J connectivity index is 2.19. The number of nitrogens with two attached hydrogens (primary N) is 1. The zero-order valence-corrected chi connectivity index (χ0v) is 9.21. The summed E-state index contributed by atoms with van der Waals surface area (Å²) < 4.78 is 5.25. The van der Waals surface area contributed by atoms with Crippen molar-refractivity contribution in [1.82, 2.24) is 9.97 Å². The molecule has 15 heavy (non-hydrogen) atoms. The Hall–Kier alpha value is -1.07. The number of nitrogen functional groups attached to an aromatic ring is 1. The van der Waals surface area contributed by atoms with Gasteiger partial charge in [0, 0.05) is 6.61 Å². The lowest BCUT2D eigenvalue weighted by atomic mass is 10.2. The van der Waals surface area contributed by atoms with Gasteiger partial charge in [-0.3, -0.25) is 0 Å². The van der Waals surface area contributed by atoms with Crippen LogP contribution in [0.1, 0.15) is 12.1 Å². The van der Waals surface area contributed by atoms with Crippen molar-refractivity contribution in [1.29, 1.82) is 0 Å². The van der Waals surface area contributed by atoms with Crippen molar-refractivity contribution >= 4 is 23.1 Å². The summed E-state index contributed by atoms with van der Waals surface area (Å²) in [6.45, 7) is 3.26. The van der Waals surface area contributed by atoms with E-state index in [2.05, 4.69) is 15.3 Å². The van der Waals surface area contributed by atoms with Crippen molar-refractivity contribution in [3.63, 3.8) is 0 Å². The van der Waals surface area contributed by atoms with Crippen molar-refractivity contribution in [2.75, 3.05) is 24.3 Å². The maximum Gasteiger partial charge on any atom is 0.224 e. The van der Waals surface area contributed by atoms with Crippen LogP contribution in [0.5, 0.6) is 0 Å². The van der Waals surface area contributed by atoms with Crippen LogP contribution in [0, 0.1) is 6.92 Å². The van der Waals surface area contributed by atoms with Crippen LogP contribution >= 0.6 is 11.6 Å². The van der Waals surface area contributed by atoms with Crippen LogP contribution in [-0.2, 0) is 4.74 Å². The Morgan fingerprint density at radius 2 is 2.33 bits per heavy atom. The molecular formula is C9H13ClN4O. The third-order valence-corrected chi connectivity index (χ3v) is 2.55. The minimum atomic E-state index is 0.211. The number of aromatic nitrogens is 2. The summed E-state index contributed by atoms with van der Waals surface area (Å²) >= 11 is 5.76. The molecule has 0 amide bonds. The molecule has 1 aliphatic rings. The Morgan fingerprint density at radius 3 is 3.00 bits per heavy atom. The van der Waals surface area contributed by atoms with Gasteiger partial charge in [-0.1, -0.05) is 0 Å². The highest BCUT2D eigenvalue weighted by Crippen LogP contribution is 2.22. The van der Waals surface area contributed by atoms with Gasteiger partial charge in [-0.2, -0.15) is 4.98 Å². The van der Waals surface area contributed by atoms with E-state index in [0.29, 0.717) is 23.8 Å². The topological polar surface area (TPSA) is 73.1 Å². The van der Waals surface area contributed by atoms with Crippen LogP contribution in [0.4, 0.5) is 11.5 Å². The maximum absolute atomic E-state index is 5.84. The minimum absolute atomic E-state index is 0.211. The smallest absolute Gasteiger partial charge is 0.224 e. The molecule has 1 atom stereocenters. The number of nitrogens with one attached hydrogen (secondary N) is 1. The summed E-state index contributed by atoms with van der Waals surface area (Å²) in [6, 6.07) is 0.262. The third kappa shape index (κ3) is 2.30. The summed E-state index contributed by atoms with van der Waals surface area (Å²) in [4.78, 5) is 8.03. The van der Waals surface area contributed by atoms with Crippen LogP contribution in [0.2, 0.25) is 5.28 Å². The van der Waals surface area contributed by atoms with Gasteiger partial charge in [0.05, 0.1) is 24.0 Å². The molecule has 0 bridgehead atoms. The second-order valence-corrected chi connectivity index (χ2v) is 3.88. The number of nitrogens with zero attached hydrogens (tertiary/aromatic N) is 2. The largest absolute Gasteiger partial charge is 0.394 e. The van der Waals surface area contributed by atoms with Gasteiger partial charge in [-0.05, 0) is 24.9 Å². The molecule has 0 saturated carbocycles. The highest BCUT2D eigenvalue weighted by molar-refractivity contribution is 6.28. The molecular weight excluding hydrogens is 216 g/mol. The van der Waals surface area contributed by atoms with Crippen molar-refractivity contribution in [3.05, 3.63) is 11.0 Å². The molecule has 0 radical (unpaired) electrons. The zero-order valence-electron chi connectivity index (χ0n) is 8.46. The molecule has 0 aliphatic carbocycles. The van der Waals surface area contributed by atoms with Crippen LogP contribution in [0.3, 0.4) is 0 Å². The summed E-state index contributed by atoms with van der Waals surface area (Å²) in [5, 5.41) is 3.42. The lowest BCUT2D eigenvalue weighted by Gasteiger charge is -2.14. The standard InChI is InChI=1S/C9H13ClN4O/c1-5-7(11)8(14-9(10)12-5)13-6-2-3-15-4-6/h6H,2-4,11H2,1H3,(H,12,13,14). The van der Waals surface area contributed by atoms with E-state index in [9.17, 15) is 0 Å². The van der Waals surface area contributed by atoms with E-state index in [-0.39, 0.29) is 11.3 Å². The fourth-order valence-corrected chi connectivity index (χ4v) is 1.71.